The van der Waals surface area contributed by atoms with Gasteiger partial charge in [0.2, 0.25) is 0 Å². The Morgan fingerprint density at radius 2 is 2.00 bits per heavy atom. The standard InChI is InChI=1S/C13H18O2Se/c1-4-15-10-12(13(2,3)14)16-11-8-6-5-7-9-11/h5-10,14H,4H2,1-3H3/b12-10+. The van der Waals surface area contributed by atoms with Gasteiger partial charge in [-0.1, -0.05) is 0 Å². The van der Waals surface area contributed by atoms with Gasteiger partial charge in [0.05, 0.1) is 0 Å². The Labute approximate surface area is 103 Å². The molecule has 1 rings (SSSR count). The van der Waals surface area contributed by atoms with E-state index in [1.807, 2.05) is 25.1 Å². The number of aliphatic hydroxyl groups is 1. The van der Waals surface area contributed by atoms with Crippen molar-refractivity contribution in [2.45, 2.75) is 26.4 Å². The van der Waals surface area contributed by atoms with Crippen molar-refractivity contribution < 1.29 is 9.84 Å². The van der Waals surface area contributed by atoms with E-state index in [0.29, 0.717) is 6.61 Å². The number of benzene rings is 1. The average molecular weight is 285 g/mol. The first-order chi connectivity index (χ1) is 7.54. The van der Waals surface area contributed by atoms with Crippen LogP contribution in [-0.4, -0.2) is 32.3 Å². The van der Waals surface area contributed by atoms with Crippen LogP contribution in [0.1, 0.15) is 20.8 Å². The van der Waals surface area contributed by atoms with Gasteiger partial charge in [-0.25, -0.2) is 0 Å². The quantitative estimate of drug-likeness (QED) is 0.658. The predicted molar refractivity (Wildman–Crippen MR) is 67.8 cm³/mol. The molecule has 0 saturated carbocycles. The molecule has 0 spiro atoms. The van der Waals surface area contributed by atoms with Crippen LogP contribution < -0.4 is 4.46 Å². The van der Waals surface area contributed by atoms with Crippen LogP contribution in [0.5, 0.6) is 0 Å². The molecule has 0 aliphatic heterocycles. The third-order valence-corrected chi connectivity index (χ3v) is 4.71. The summed E-state index contributed by atoms with van der Waals surface area (Å²) in [5.41, 5.74) is -0.814. The number of ether oxygens (including phenoxy) is 1. The molecule has 0 aliphatic carbocycles. The van der Waals surface area contributed by atoms with Crippen LogP contribution in [0.15, 0.2) is 41.1 Å². The van der Waals surface area contributed by atoms with E-state index in [4.69, 9.17) is 4.74 Å². The van der Waals surface area contributed by atoms with Crippen LogP contribution in [0.2, 0.25) is 0 Å². The van der Waals surface area contributed by atoms with Crippen molar-refractivity contribution in [3.63, 3.8) is 0 Å². The molecule has 0 unspecified atom stereocenters. The molecule has 0 heterocycles. The maximum atomic E-state index is 10.0. The molecule has 88 valence electrons. The molecule has 0 aromatic heterocycles. The van der Waals surface area contributed by atoms with Gasteiger partial charge in [0.1, 0.15) is 0 Å². The van der Waals surface area contributed by atoms with E-state index in [1.54, 1.807) is 20.1 Å². The minimum absolute atomic E-state index is 0.106. The fraction of sp³-hybridized carbons (Fsp3) is 0.385. The first-order valence-electron chi connectivity index (χ1n) is 5.31. The van der Waals surface area contributed by atoms with Crippen molar-refractivity contribution in [2.24, 2.45) is 0 Å². The van der Waals surface area contributed by atoms with Crippen LogP contribution >= 0.6 is 0 Å². The molecule has 0 atom stereocenters. The molecule has 0 amide bonds. The molecular formula is C13H18O2Se. The summed E-state index contributed by atoms with van der Waals surface area (Å²) in [4.78, 5) is 0. The fourth-order valence-electron chi connectivity index (χ4n) is 1.07. The van der Waals surface area contributed by atoms with Crippen molar-refractivity contribution >= 4 is 19.4 Å². The van der Waals surface area contributed by atoms with Gasteiger partial charge in [0, 0.05) is 0 Å². The second-order valence-corrected chi connectivity index (χ2v) is 6.25. The van der Waals surface area contributed by atoms with Crippen LogP contribution in [0, 0.1) is 0 Å². The summed E-state index contributed by atoms with van der Waals surface area (Å²) >= 11 is 0.106. The summed E-state index contributed by atoms with van der Waals surface area (Å²) in [5.74, 6) is 0. The van der Waals surface area contributed by atoms with Gasteiger partial charge in [0.25, 0.3) is 0 Å². The molecule has 0 saturated heterocycles. The predicted octanol–water partition coefficient (Wildman–Crippen LogP) is 1.66. The van der Waals surface area contributed by atoms with Crippen molar-refractivity contribution in [2.75, 3.05) is 6.61 Å². The summed E-state index contributed by atoms with van der Waals surface area (Å²) in [6.45, 7) is 6.16. The van der Waals surface area contributed by atoms with E-state index in [9.17, 15) is 5.11 Å². The molecule has 0 fully saturated rings. The Morgan fingerprint density at radius 3 is 2.50 bits per heavy atom. The number of rotatable bonds is 5. The van der Waals surface area contributed by atoms with E-state index in [1.165, 1.54) is 4.46 Å². The summed E-state index contributed by atoms with van der Waals surface area (Å²) in [7, 11) is 0. The van der Waals surface area contributed by atoms with Crippen LogP contribution in [-0.2, 0) is 4.74 Å². The minimum atomic E-state index is -0.814. The van der Waals surface area contributed by atoms with E-state index in [2.05, 4.69) is 12.1 Å². The first kappa shape index (κ1) is 13.3. The van der Waals surface area contributed by atoms with Crippen LogP contribution in [0.4, 0.5) is 0 Å². The molecule has 0 aliphatic rings. The second kappa shape index (κ2) is 6.09. The Kier molecular flexibility index (Phi) is 5.07. The number of hydrogen-bond acceptors (Lipinski definition) is 2. The molecular weight excluding hydrogens is 267 g/mol. The van der Waals surface area contributed by atoms with Crippen molar-refractivity contribution in [3.8, 4) is 0 Å². The van der Waals surface area contributed by atoms with E-state index in [-0.39, 0.29) is 15.0 Å². The van der Waals surface area contributed by atoms with Gasteiger partial charge in [-0.2, -0.15) is 0 Å². The first-order valence-corrected chi connectivity index (χ1v) is 7.03. The van der Waals surface area contributed by atoms with Gasteiger partial charge in [-0.15, -0.1) is 0 Å². The van der Waals surface area contributed by atoms with Crippen LogP contribution in [0.25, 0.3) is 0 Å². The summed E-state index contributed by atoms with van der Waals surface area (Å²) in [5, 5.41) is 10.0. The monoisotopic (exact) mass is 286 g/mol. The molecule has 0 radical (unpaired) electrons. The summed E-state index contributed by atoms with van der Waals surface area (Å²) < 4.78 is 7.48. The average Bonchev–Trinajstić information content (AvgIpc) is 2.24. The van der Waals surface area contributed by atoms with Gasteiger partial charge in [-0.3, -0.25) is 0 Å². The van der Waals surface area contributed by atoms with Crippen molar-refractivity contribution in [3.05, 3.63) is 41.1 Å². The molecule has 1 aromatic carbocycles. The fourth-order valence-corrected chi connectivity index (χ4v) is 2.98. The van der Waals surface area contributed by atoms with Gasteiger partial charge >= 0.3 is 103 Å². The van der Waals surface area contributed by atoms with E-state index in [0.717, 1.165) is 4.47 Å². The third kappa shape index (κ3) is 4.40. The molecule has 3 heteroatoms. The van der Waals surface area contributed by atoms with E-state index >= 15 is 0 Å². The Morgan fingerprint density at radius 1 is 1.38 bits per heavy atom. The summed E-state index contributed by atoms with van der Waals surface area (Å²) in [6, 6.07) is 10.2. The molecule has 16 heavy (non-hydrogen) atoms. The van der Waals surface area contributed by atoms with Gasteiger partial charge < -0.3 is 0 Å². The Hall–Kier alpha value is -0.761. The van der Waals surface area contributed by atoms with Gasteiger partial charge in [-0.05, 0) is 0 Å². The molecule has 1 N–H and O–H groups in total. The molecule has 1 aromatic rings. The molecule has 2 nitrogen and oxygen atoms in total. The zero-order valence-corrected chi connectivity index (χ0v) is 11.6. The van der Waals surface area contributed by atoms with E-state index < -0.39 is 5.60 Å². The Balaban J connectivity index is 2.80. The number of hydrogen-bond donors (Lipinski definition) is 1. The molecule has 0 bridgehead atoms. The van der Waals surface area contributed by atoms with Crippen molar-refractivity contribution in [1.82, 2.24) is 0 Å². The topological polar surface area (TPSA) is 29.5 Å². The zero-order valence-electron chi connectivity index (χ0n) is 9.93. The zero-order chi connectivity index (χ0) is 12.0. The Bertz CT molecular complexity index is 339. The maximum absolute atomic E-state index is 10.0. The van der Waals surface area contributed by atoms with Gasteiger partial charge in [0.15, 0.2) is 0 Å². The normalized spacial score (nSPS) is 12.6. The SMILES string of the molecule is CCO/C=C(/[Se]c1ccccc1)C(C)(C)O. The van der Waals surface area contributed by atoms with Crippen molar-refractivity contribution in [1.29, 1.82) is 0 Å². The summed E-state index contributed by atoms with van der Waals surface area (Å²) in [6.07, 6.45) is 1.70. The van der Waals surface area contributed by atoms with Crippen LogP contribution in [0.3, 0.4) is 0 Å². The second-order valence-electron chi connectivity index (χ2n) is 3.91. The third-order valence-electron chi connectivity index (χ3n) is 1.93.